The third-order valence-electron chi connectivity index (χ3n) is 5.29. The lowest BCUT2D eigenvalue weighted by Crippen LogP contribution is -2.44. The molecule has 11 heteroatoms. The van der Waals surface area contributed by atoms with Crippen LogP contribution in [0.3, 0.4) is 0 Å². The molecule has 0 amide bonds. The van der Waals surface area contributed by atoms with Gasteiger partial charge in [0.25, 0.3) is 0 Å². The maximum Gasteiger partial charge on any atom is 0.490 e. The van der Waals surface area contributed by atoms with Crippen molar-refractivity contribution in [2.45, 2.75) is 43.7 Å². The second-order valence-corrected chi connectivity index (χ2v) is 7.73. The third-order valence-corrected chi connectivity index (χ3v) is 5.29. The van der Waals surface area contributed by atoms with Gasteiger partial charge in [0.2, 0.25) is 0 Å². The van der Waals surface area contributed by atoms with Crippen molar-refractivity contribution in [1.29, 1.82) is 0 Å². The van der Waals surface area contributed by atoms with Gasteiger partial charge in [0.15, 0.2) is 0 Å². The highest BCUT2D eigenvalue weighted by atomic mass is 19.4. The van der Waals surface area contributed by atoms with E-state index >= 15 is 0 Å². The Kier molecular flexibility index (Phi) is 7.16. The van der Waals surface area contributed by atoms with Crippen LogP contribution >= 0.6 is 0 Å². The van der Waals surface area contributed by atoms with Crippen LogP contribution < -0.4 is 4.74 Å². The molecule has 4 heterocycles. The van der Waals surface area contributed by atoms with Gasteiger partial charge in [-0.05, 0) is 25.0 Å². The number of halogens is 3. The van der Waals surface area contributed by atoms with Crippen molar-refractivity contribution < 1.29 is 32.5 Å². The number of rotatable bonds is 4. The van der Waals surface area contributed by atoms with E-state index in [2.05, 4.69) is 21.2 Å². The highest BCUT2D eigenvalue weighted by Gasteiger charge is 2.43. The summed E-state index contributed by atoms with van der Waals surface area (Å²) in [6.07, 6.45) is 5.74. The second kappa shape index (κ2) is 9.65. The van der Waals surface area contributed by atoms with Gasteiger partial charge in [0.1, 0.15) is 11.9 Å². The summed E-state index contributed by atoms with van der Waals surface area (Å²) in [5.74, 6) is -1.93. The van der Waals surface area contributed by atoms with E-state index in [1.54, 1.807) is 12.4 Å². The highest BCUT2D eigenvalue weighted by Crippen LogP contribution is 2.37. The molecule has 2 saturated heterocycles. The van der Waals surface area contributed by atoms with Gasteiger partial charge in [-0.15, -0.1) is 0 Å². The number of alkyl halides is 3. The van der Waals surface area contributed by atoms with Crippen LogP contribution in [-0.2, 0) is 23.1 Å². The lowest BCUT2D eigenvalue weighted by atomic mass is 9.88. The van der Waals surface area contributed by atoms with Crippen LogP contribution in [0.1, 0.15) is 24.8 Å². The zero-order valence-electron chi connectivity index (χ0n) is 17.1. The van der Waals surface area contributed by atoms with Gasteiger partial charge in [-0.3, -0.25) is 14.6 Å². The zero-order valence-corrected chi connectivity index (χ0v) is 17.1. The minimum Gasteiger partial charge on any atom is -0.486 e. The normalized spacial score (nSPS) is 20.8. The van der Waals surface area contributed by atoms with Crippen LogP contribution in [0.4, 0.5) is 13.2 Å². The number of ether oxygens (including phenoxy) is 2. The maximum absolute atomic E-state index is 10.6. The van der Waals surface area contributed by atoms with E-state index in [-0.39, 0.29) is 11.7 Å². The smallest absolute Gasteiger partial charge is 0.486 e. The van der Waals surface area contributed by atoms with Crippen molar-refractivity contribution in [2.75, 3.05) is 19.7 Å². The third kappa shape index (κ3) is 6.66. The van der Waals surface area contributed by atoms with Gasteiger partial charge < -0.3 is 14.6 Å². The van der Waals surface area contributed by atoms with Gasteiger partial charge in [0.05, 0.1) is 24.6 Å². The van der Waals surface area contributed by atoms with Crippen molar-refractivity contribution in [1.82, 2.24) is 19.7 Å². The molecule has 1 N–H and O–H groups in total. The van der Waals surface area contributed by atoms with E-state index in [4.69, 9.17) is 19.4 Å². The molecule has 0 bridgehead atoms. The fourth-order valence-electron chi connectivity index (χ4n) is 3.77. The number of carboxylic acids is 1. The summed E-state index contributed by atoms with van der Waals surface area (Å²) in [7, 11) is 1.96. The first kappa shape index (κ1) is 23.0. The molecule has 2 aliphatic heterocycles. The molecule has 8 nitrogen and oxygen atoms in total. The summed E-state index contributed by atoms with van der Waals surface area (Å²) < 4.78 is 45.8. The van der Waals surface area contributed by atoms with E-state index in [0.29, 0.717) is 6.61 Å². The number of carbonyl (C=O) groups is 1. The Hall–Kier alpha value is -2.66. The number of hydrogen-bond donors (Lipinski definition) is 1. The Bertz CT molecular complexity index is 852. The number of aliphatic carboxylic acids is 1. The van der Waals surface area contributed by atoms with E-state index in [1.807, 2.05) is 30.1 Å². The van der Waals surface area contributed by atoms with Crippen molar-refractivity contribution in [3.05, 3.63) is 42.5 Å². The number of carboxylic acid groups (broad SMARTS) is 1. The summed E-state index contributed by atoms with van der Waals surface area (Å²) in [5.41, 5.74) is 1.27. The van der Waals surface area contributed by atoms with Crippen LogP contribution in [0.2, 0.25) is 0 Å². The Labute approximate surface area is 177 Å². The van der Waals surface area contributed by atoms with E-state index in [0.717, 1.165) is 44.6 Å². The van der Waals surface area contributed by atoms with Gasteiger partial charge in [-0.25, -0.2) is 4.79 Å². The van der Waals surface area contributed by atoms with Crippen molar-refractivity contribution >= 4 is 5.97 Å². The van der Waals surface area contributed by atoms with E-state index < -0.39 is 12.1 Å². The van der Waals surface area contributed by atoms with Crippen LogP contribution in [-0.4, -0.2) is 68.3 Å². The number of piperidine rings is 1. The Morgan fingerprint density at radius 3 is 2.61 bits per heavy atom. The standard InChI is InChI=1S/C18H24N4O2.C2HF3O2/c1-21-12-15(10-20-21)13-22-7-4-18(5-8-22)9-17(14-23-18)24-16-3-2-6-19-11-16;3-2(4,5)1(6)7/h2-3,6,10-12,17H,4-5,7-9,13-14H2,1H3;(H,6,7). The predicted molar refractivity (Wildman–Crippen MR) is 103 cm³/mol. The minimum absolute atomic E-state index is 0.00167. The van der Waals surface area contributed by atoms with Gasteiger partial charge in [-0.1, -0.05) is 0 Å². The molecule has 2 aromatic rings. The van der Waals surface area contributed by atoms with Crippen LogP contribution in [0, 0.1) is 0 Å². The molecule has 0 radical (unpaired) electrons. The predicted octanol–water partition coefficient (Wildman–Crippen LogP) is 2.65. The molecule has 31 heavy (non-hydrogen) atoms. The fourth-order valence-corrected chi connectivity index (χ4v) is 3.77. The largest absolute Gasteiger partial charge is 0.490 e. The molecule has 170 valence electrons. The topological polar surface area (TPSA) is 89.7 Å². The molecule has 2 aliphatic rings. The summed E-state index contributed by atoms with van der Waals surface area (Å²) in [6, 6.07) is 3.85. The quantitative estimate of drug-likeness (QED) is 0.779. The van der Waals surface area contributed by atoms with Crippen molar-refractivity contribution in [2.24, 2.45) is 7.05 Å². The molecule has 1 unspecified atom stereocenters. The Balaban J connectivity index is 0.000000339. The molecule has 0 aromatic carbocycles. The maximum atomic E-state index is 10.6. The van der Waals surface area contributed by atoms with E-state index in [1.165, 1.54) is 5.56 Å². The lowest BCUT2D eigenvalue weighted by molar-refractivity contribution is -0.192. The summed E-state index contributed by atoms with van der Waals surface area (Å²) in [6.45, 7) is 3.78. The number of hydrogen-bond acceptors (Lipinski definition) is 6. The summed E-state index contributed by atoms with van der Waals surface area (Å²) in [4.78, 5) is 15.5. The monoisotopic (exact) mass is 442 g/mol. The molecular weight excluding hydrogens is 417 g/mol. The molecule has 4 rings (SSSR count). The summed E-state index contributed by atoms with van der Waals surface area (Å²) >= 11 is 0. The SMILES string of the molecule is Cn1cc(CN2CCC3(CC2)CC(Oc2cccnc2)CO3)cn1.O=C(O)C(F)(F)F. The number of likely N-dealkylation sites (tertiary alicyclic amines) is 1. The zero-order chi connectivity index (χ0) is 22.5. The van der Waals surface area contributed by atoms with Crippen molar-refractivity contribution in [3.8, 4) is 5.75 Å². The number of pyridine rings is 1. The van der Waals surface area contributed by atoms with Crippen LogP contribution in [0.15, 0.2) is 36.9 Å². The van der Waals surface area contributed by atoms with E-state index in [9.17, 15) is 13.2 Å². The Morgan fingerprint density at radius 1 is 1.35 bits per heavy atom. The van der Waals surface area contributed by atoms with Gasteiger partial charge >= 0.3 is 12.1 Å². The Morgan fingerprint density at radius 2 is 2.06 bits per heavy atom. The molecule has 0 saturated carbocycles. The van der Waals surface area contributed by atoms with Gasteiger partial charge in [0, 0.05) is 51.1 Å². The van der Waals surface area contributed by atoms with Crippen LogP contribution in [0.25, 0.3) is 0 Å². The number of aromatic nitrogens is 3. The highest BCUT2D eigenvalue weighted by molar-refractivity contribution is 5.73. The molecule has 2 fully saturated rings. The second-order valence-electron chi connectivity index (χ2n) is 7.73. The number of aryl methyl sites for hydroxylation is 1. The summed E-state index contributed by atoms with van der Waals surface area (Å²) in [5, 5.41) is 11.4. The molecule has 1 atom stereocenters. The lowest BCUT2D eigenvalue weighted by Gasteiger charge is -2.38. The molecule has 0 aliphatic carbocycles. The molecule has 2 aromatic heterocycles. The first-order chi connectivity index (χ1) is 14.7. The number of nitrogens with zero attached hydrogens (tertiary/aromatic N) is 4. The first-order valence-electron chi connectivity index (χ1n) is 9.86. The average Bonchev–Trinajstić information content (AvgIpc) is 3.30. The minimum atomic E-state index is -5.08. The first-order valence-corrected chi connectivity index (χ1v) is 9.86. The van der Waals surface area contributed by atoms with Crippen LogP contribution in [0.5, 0.6) is 5.75 Å². The fraction of sp³-hybridized carbons (Fsp3) is 0.550. The average molecular weight is 442 g/mol. The van der Waals surface area contributed by atoms with Crippen molar-refractivity contribution in [3.63, 3.8) is 0 Å². The van der Waals surface area contributed by atoms with Gasteiger partial charge in [-0.2, -0.15) is 18.3 Å². The molecule has 1 spiro atoms. The molecular formula is C20H25F3N4O4.